The topological polar surface area (TPSA) is 1030 Å². The second-order valence-corrected chi connectivity index (χ2v) is 32.2. The van der Waals surface area contributed by atoms with Gasteiger partial charge in [0.05, 0.1) is 13.2 Å². The molecule has 3 amide bonds. The molecule has 0 heterocycles. The van der Waals surface area contributed by atoms with Crippen molar-refractivity contribution < 1.29 is 200 Å². The lowest BCUT2D eigenvalue weighted by molar-refractivity contribution is -0.153. The zero-order chi connectivity index (χ0) is 115. The summed E-state index contributed by atoms with van der Waals surface area (Å²) in [6, 6.07) is -10.9. The standard InChI is InChI=1S/C8H14N2O4.C8H14N2O3.C8H13NO5.C8H11NO5.C8H13NO4S.C8H13NO4.C8H13NO3S.C8H13NO3.C7H12N2O3.C7H11NO4.C7H11NO3S/c1-5(11)7(12)10-4-2-3-6(9)8(13)14;1-5(2)7(11)10-4-3-6(9)8(12)13;1-5(10)8(13)14-4-2-3-6(9)7(11)12;1-4(10)7(12)6(11)3-2-5(9)8(13)14;1-5(10)8(13)14-4-2-3-6(9)7(11)12;2*1-5(2)8(12)13-4-3-6(9)7(10)11;1-5(2)7(10)4-3-6(9)8(11)12;1-4(2)6(10)9-3-5(8)7(11)12;2*1-4(2)7(11)12-3-5(8)6(9)10/h6H,2-4,9H2,1H3,(H,10,12)(H,13,14);6H,1,3-4,9H2,2H3,(H,10,11)(H,12,13);6H,2-4,9H2,1H3,(H,11,12);5H,2-3,9H2,1H3,(H,13,14);6H,2-4,9H2,1H3,(H,11,12);2*6H,1,3-4,9H2,2H3,(H,10,11);6H,1,3-4,9H2,2H3,(H,11,12);5H,1,3,8H2,2H3,(H,9,10)(H,11,12);2*5H,1,3,8H2,2H3,(H,9,10). The molecule has 11 atom stereocenters. The summed E-state index contributed by atoms with van der Waals surface area (Å²) in [5.74, 6) is -19.4. The molecule has 36 N–H and O–H groups in total. The van der Waals surface area contributed by atoms with Gasteiger partial charge in [-0.15, -0.1) is 0 Å². The zero-order valence-corrected chi connectivity index (χ0v) is 83.5. The third-order valence-corrected chi connectivity index (χ3v) is 18.3. The monoisotopic (exact) mass is 2110 g/mol. The Labute approximate surface area is 835 Å². The molecule has 11 unspecified atom stereocenters. The number of hydrogen-bond acceptors (Lipinski definition) is 44. The lowest BCUT2D eigenvalue weighted by Crippen LogP contribution is -2.42. The molecule has 0 bridgehead atoms. The summed E-state index contributed by atoms with van der Waals surface area (Å²) in [5.41, 5.74) is 59.4. The van der Waals surface area contributed by atoms with E-state index in [2.05, 4.69) is 76.2 Å². The average Bonchev–Trinajstić information content (AvgIpc) is 0.929. The third-order valence-electron chi connectivity index (χ3n) is 15.1. The minimum absolute atomic E-state index is 0.000833. The van der Waals surface area contributed by atoms with Crippen LogP contribution in [0.25, 0.3) is 0 Å². The number of carbonyl (C=O) groups is 27. The van der Waals surface area contributed by atoms with Crippen molar-refractivity contribution in [3.8, 4) is 0 Å². The predicted octanol–water partition coefficient (Wildman–Crippen LogP) is -3.69. The number of carboxylic acids is 11. The first kappa shape index (κ1) is 152. The summed E-state index contributed by atoms with van der Waals surface area (Å²) in [4.78, 5) is 284. The summed E-state index contributed by atoms with van der Waals surface area (Å²) in [6.07, 6.45) is 2.54. The Kier molecular flexibility index (Phi) is 95.6. The van der Waals surface area contributed by atoms with Crippen LogP contribution >= 0.6 is 35.3 Å². The van der Waals surface area contributed by atoms with Crippen LogP contribution in [0.3, 0.4) is 0 Å². The van der Waals surface area contributed by atoms with E-state index in [0.29, 0.717) is 71.5 Å². The molecule has 0 aliphatic heterocycles. The first-order valence-corrected chi connectivity index (χ1v) is 44.2. The van der Waals surface area contributed by atoms with E-state index in [1.165, 1.54) is 27.7 Å². The SMILES string of the molecule is C=C(C)C(=O)CCC(N)C(=O)O.C=C(C)C(=O)NCC(N)C(=O)O.C=C(C)C(=O)NCCC(N)C(=O)O.C=C(C)C(=O)OCC(N)C(=O)O.C=C(C)C(=O)OCCC(N)C(=O)O.C=C(C)C(=O)SCC(N)C(=O)O.C=C(C)C(=O)SCCC(N)C(=O)O.CC(=O)C(=O)C(=O)CCC(N)C(=O)O.CC(=O)C(=O)NCCCC(N)C(=O)O.CC(=O)C(=O)OCCCC(N)C(=O)O.CC(=O)C(=O)SCCCC(N)C(=O)O. The van der Waals surface area contributed by atoms with Crippen molar-refractivity contribution in [3.63, 3.8) is 0 Å². The summed E-state index contributed by atoms with van der Waals surface area (Å²) >= 11 is 2.83. The lowest BCUT2D eigenvalue weighted by atomic mass is 10.1. The van der Waals surface area contributed by atoms with Gasteiger partial charge in [0.1, 0.15) is 73.1 Å². The molecule has 143 heavy (non-hydrogen) atoms. The van der Waals surface area contributed by atoms with Crippen molar-refractivity contribution >= 4 is 192 Å². The normalized spacial score (nSPS) is 12.0. The Bertz CT molecular complexity index is 3970. The van der Waals surface area contributed by atoms with Gasteiger partial charge < -0.3 is 149 Å². The molecule has 0 spiro atoms. The summed E-state index contributed by atoms with van der Waals surface area (Å²) in [5, 5.41) is 98.5. The van der Waals surface area contributed by atoms with Gasteiger partial charge in [-0.2, -0.15) is 0 Å². The van der Waals surface area contributed by atoms with Crippen LogP contribution in [0.2, 0.25) is 0 Å². The van der Waals surface area contributed by atoms with Crippen molar-refractivity contribution in [2.24, 2.45) is 63.1 Å². The molecule has 0 saturated carbocycles. The Morgan fingerprint density at radius 1 is 0.259 bits per heavy atom. The molecule has 0 aliphatic rings. The molecule has 0 radical (unpaired) electrons. The predicted molar refractivity (Wildman–Crippen MR) is 517 cm³/mol. The fraction of sp³-hybridized carbons (Fsp3) is 0.518. The summed E-state index contributed by atoms with van der Waals surface area (Å²) in [7, 11) is 0. The van der Waals surface area contributed by atoms with Gasteiger partial charge in [-0.3, -0.25) is 115 Å². The molecule has 0 saturated heterocycles. The third kappa shape index (κ3) is 101. The van der Waals surface area contributed by atoms with E-state index in [1.807, 2.05) is 0 Å². The summed E-state index contributed by atoms with van der Waals surface area (Å²) in [6.45, 7) is 39.2. The smallest absolute Gasteiger partial charge is 0.374 e. The Morgan fingerprint density at radius 2 is 0.580 bits per heavy atom. The van der Waals surface area contributed by atoms with Gasteiger partial charge in [-0.25, -0.2) is 14.4 Å². The highest BCUT2D eigenvalue weighted by atomic mass is 32.2. The van der Waals surface area contributed by atoms with Crippen LogP contribution in [0.5, 0.6) is 0 Å². The zero-order valence-electron chi connectivity index (χ0n) is 81.1. The summed E-state index contributed by atoms with van der Waals surface area (Å²) < 4.78 is 13.6. The van der Waals surface area contributed by atoms with Crippen LogP contribution in [0.15, 0.2) is 85.1 Å². The highest BCUT2D eigenvalue weighted by Crippen LogP contribution is 2.13. The number of carbonyl (C=O) groups excluding carboxylic acids is 16. The van der Waals surface area contributed by atoms with E-state index >= 15 is 0 Å². The van der Waals surface area contributed by atoms with E-state index in [9.17, 15) is 129 Å². The molecular formula is C85H138N14O41S3. The minimum Gasteiger partial charge on any atom is -0.480 e. The van der Waals surface area contributed by atoms with E-state index in [-0.39, 0.29) is 136 Å². The van der Waals surface area contributed by atoms with E-state index in [0.717, 1.165) is 56.1 Å². The van der Waals surface area contributed by atoms with Crippen molar-refractivity contribution in [2.45, 2.75) is 226 Å². The number of ether oxygens (including phenoxy) is 3. The molecule has 0 rings (SSSR count). The fourth-order valence-corrected chi connectivity index (χ4v) is 8.55. The van der Waals surface area contributed by atoms with Crippen LogP contribution in [0, 0.1) is 0 Å². The largest absolute Gasteiger partial charge is 0.480 e. The van der Waals surface area contributed by atoms with E-state index < -0.39 is 196 Å². The van der Waals surface area contributed by atoms with Crippen LogP contribution in [0.1, 0.15) is 160 Å². The fourth-order valence-electron chi connectivity index (χ4n) is 6.33. The molecule has 0 aromatic carbocycles. The maximum atomic E-state index is 11.0. The first-order valence-electron chi connectivity index (χ1n) is 41.3. The average molecular weight is 2110 g/mol. The quantitative estimate of drug-likeness (QED) is 0.00696. The van der Waals surface area contributed by atoms with Crippen molar-refractivity contribution in [3.05, 3.63) is 85.1 Å². The Hall–Kier alpha value is -13.5. The second-order valence-electron chi connectivity index (χ2n) is 29.1. The van der Waals surface area contributed by atoms with Gasteiger partial charge in [0, 0.05) is 106 Å². The number of allylic oxidation sites excluding steroid dienone is 1. The van der Waals surface area contributed by atoms with Crippen molar-refractivity contribution in [2.75, 3.05) is 56.7 Å². The van der Waals surface area contributed by atoms with E-state index in [4.69, 9.17) is 119 Å². The lowest BCUT2D eigenvalue weighted by Gasteiger charge is -2.07. The molecule has 812 valence electrons. The van der Waals surface area contributed by atoms with Crippen molar-refractivity contribution in [1.29, 1.82) is 0 Å². The van der Waals surface area contributed by atoms with Crippen LogP contribution in [0.4, 0.5) is 0 Å². The number of thioether (sulfide) groups is 3. The van der Waals surface area contributed by atoms with Crippen LogP contribution in [-0.2, 0) is 144 Å². The number of esters is 3. The van der Waals surface area contributed by atoms with Crippen LogP contribution < -0.4 is 79.0 Å². The molecule has 0 aromatic rings. The highest BCUT2D eigenvalue weighted by Gasteiger charge is 2.24. The number of carboxylic acid groups (broad SMARTS) is 11. The number of nitrogens with one attached hydrogen (secondary N) is 3. The number of hydrogen-bond donors (Lipinski definition) is 25. The van der Waals surface area contributed by atoms with E-state index in [1.54, 1.807) is 27.7 Å². The first-order chi connectivity index (χ1) is 65.3. The molecule has 58 heteroatoms. The number of aliphatic carboxylic acids is 11. The van der Waals surface area contributed by atoms with Crippen LogP contribution in [-0.4, -0.2) is 336 Å². The Morgan fingerprint density at radius 3 is 0.930 bits per heavy atom. The maximum absolute atomic E-state index is 11.0. The van der Waals surface area contributed by atoms with Gasteiger partial charge >= 0.3 is 83.6 Å². The second kappa shape index (κ2) is 89.8. The number of amides is 3. The van der Waals surface area contributed by atoms with Gasteiger partial charge in [0.15, 0.2) is 5.78 Å². The number of ketones is 7. The van der Waals surface area contributed by atoms with Gasteiger partial charge in [-0.05, 0) is 129 Å². The number of rotatable bonds is 56. The highest BCUT2D eigenvalue weighted by molar-refractivity contribution is 8.15. The number of nitrogens with two attached hydrogens (primary N) is 11. The molecule has 55 nitrogen and oxygen atoms in total. The van der Waals surface area contributed by atoms with Crippen molar-refractivity contribution in [1.82, 2.24) is 16.0 Å². The van der Waals surface area contributed by atoms with Gasteiger partial charge in [0.2, 0.25) is 51.0 Å². The molecular weight excluding hydrogens is 1970 g/mol. The molecule has 0 aliphatic carbocycles. The molecule has 0 aromatic heterocycles. The maximum Gasteiger partial charge on any atom is 0.374 e. The minimum atomic E-state index is -1.24. The number of Topliss-reactive ketones (excluding diaryl/α,β-unsaturated/α-hetero) is 7. The van der Waals surface area contributed by atoms with Gasteiger partial charge in [-0.1, -0.05) is 81.3 Å². The van der Waals surface area contributed by atoms with Gasteiger partial charge in [0.25, 0.3) is 16.8 Å². The molecule has 0 fully saturated rings. The Balaban J connectivity index is -0.000000149.